The molecule has 4 aliphatic rings. The van der Waals surface area contributed by atoms with Gasteiger partial charge in [-0.05, 0) is 87.5 Å². The summed E-state index contributed by atoms with van der Waals surface area (Å²) in [4.78, 5) is 47.6. The van der Waals surface area contributed by atoms with Crippen LogP contribution in [0.5, 0.6) is 0 Å². The van der Waals surface area contributed by atoms with Crippen molar-refractivity contribution in [3.05, 3.63) is 59.0 Å². The van der Waals surface area contributed by atoms with Crippen LogP contribution in [0, 0.1) is 5.92 Å². The molecule has 45 heavy (non-hydrogen) atoms. The number of nitrogens with one attached hydrogen (secondary N) is 1. The van der Waals surface area contributed by atoms with Crippen molar-refractivity contribution in [2.75, 3.05) is 74.4 Å². The van der Waals surface area contributed by atoms with E-state index in [0.717, 1.165) is 68.9 Å². The average molecular weight is 613 g/mol. The lowest BCUT2D eigenvalue weighted by Gasteiger charge is -2.44. The van der Waals surface area contributed by atoms with E-state index in [9.17, 15) is 14.4 Å². The average Bonchev–Trinajstić information content (AvgIpc) is 3.07. The number of hydrogen-bond acceptors (Lipinski definition) is 9. The Balaban J connectivity index is 0.888. The summed E-state index contributed by atoms with van der Waals surface area (Å²) in [6.45, 7) is 9.88. The standard InChI is InChI=1S/C34H44N8O3/c35-26-2-5-27(6-3-26)40-17-19-41(20-18-40)28-11-13-38(14-12-28)23-24-9-15-39(16-10-24)29-4-1-25-22-36-42(34(45)30(25)21-29)31-7-8-32(43)37-33(31)44/h1-6,21-22,24,28,31H,7-20,23,35H2,(H,37,43,44). The molecule has 0 radical (unpaired) electrons. The van der Waals surface area contributed by atoms with Gasteiger partial charge in [0.25, 0.3) is 11.5 Å². The number of imide groups is 1. The second-order valence-electron chi connectivity index (χ2n) is 13.2. The normalized spacial score (nSPS) is 23.1. The summed E-state index contributed by atoms with van der Waals surface area (Å²) in [5.74, 6) is -0.0766. The van der Waals surface area contributed by atoms with E-state index in [1.165, 1.54) is 42.8 Å². The van der Waals surface area contributed by atoms with Gasteiger partial charge >= 0.3 is 0 Å². The van der Waals surface area contributed by atoms with Gasteiger partial charge in [0.15, 0.2) is 0 Å². The number of fused-ring (bicyclic) bond motifs is 1. The minimum atomic E-state index is -0.755. The summed E-state index contributed by atoms with van der Waals surface area (Å²) in [5, 5.41) is 7.91. The highest BCUT2D eigenvalue weighted by Gasteiger charge is 2.31. The number of piperazine rings is 1. The van der Waals surface area contributed by atoms with Crippen LogP contribution in [0.15, 0.2) is 53.5 Å². The summed E-state index contributed by atoms with van der Waals surface area (Å²) in [5.41, 5.74) is 8.71. The molecule has 0 aliphatic carbocycles. The second-order valence-corrected chi connectivity index (χ2v) is 13.2. The quantitative estimate of drug-likeness (QED) is 0.320. The Morgan fingerprint density at radius 2 is 1.47 bits per heavy atom. The van der Waals surface area contributed by atoms with Crippen LogP contribution < -0.4 is 26.4 Å². The maximum atomic E-state index is 13.4. The number of anilines is 3. The highest BCUT2D eigenvalue weighted by molar-refractivity contribution is 5.99. The molecule has 2 aromatic carbocycles. The lowest BCUT2D eigenvalue weighted by Crippen LogP contribution is -2.53. The molecule has 0 spiro atoms. The van der Waals surface area contributed by atoms with Crippen molar-refractivity contribution in [1.29, 1.82) is 0 Å². The van der Waals surface area contributed by atoms with E-state index in [-0.39, 0.29) is 24.3 Å². The Morgan fingerprint density at radius 1 is 0.778 bits per heavy atom. The number of benzene rings is 2. The number of likely N-dealkylation sites (tertiary alicyclic amines) is 1. The number of hydrogen-bond donors (Lipinski definition) is 2. The van der Waals surface area contributed by atoms with Gasteiger partial charge < -0.3 is 20.4 Å². The fourth-order valence-corrected chi connectivity index (χ4v) is 7.71. The predicted molar refractivity (Wildman–Crippen MR) is 176 cm³/mol. The molecule has 3 N–H and O–H groups in total. The number of nitrogens with two attached hydrogens (primary N) is 1. The third-order valence-electron chi connectivity index (χ3n) is 10.4. The summed E-state index contributed by atoms with van der Waals surface area (Å²) in [6, 6.07) is 14.2. The number of piperidine rings is 3. The van der Waals surface area contributed by atoms with Crippen molar-refractivity contribution in [2.24, 2.45) is 5.92 Å². The summed E-state index contributed by atoms with van der Waals surface area (Å²) in [6.07, 6.45) is 6.92. The molecular formula is C34H44N8O3. The van der Waals surface area contributed by atoms with Crippen molar-refractivity contribution in [3.63, 3.8) is 0 Å². The zero-order valence-electron chi connectivity index (χ0n) is 25.9. The Kier molecular flexibility index (Phi) is 8.46. The lowest BCUT2D eigenvalue weighted by atomic mass is 9.94. The van der Waals surface area contributed by atoms with Crippen molar-refractivity contribution >= 4 is 39.6 Å². The van der Waals surface area contributed by atoms with Gasteiger partial charge in [-0.3, -0.25) is 24.6 Å². The third-order valence-corrected chi connectivity index (χ3v) is 10.4. The van der Waals surface area contributed by atoms with Gasteiger partial charge in [0.05, 0.1) is 11.6 Å². The van der Waals surface area contributed by atoms with Gasteiger partial charge in [-0.1, -0.05) is 6.07 Å². The van der Waals surface area contributed by atoms with Crippen molar-refractivity contribution in [2.45, 2.75) is 50.6 Å². The molecule has 0 bridgehead atoms. The SMILES string of the molecule is Nc1ccc(N2CCN(C3CCN(CC4CCN(c5ccc6cnn(C7CCC(=O)NC7=O)c(=O)c6c5)CC4)CC3)CC2)cc1. The zero-order valence-corrected chi connectivity index (χ0v) is 25.9. The first kappa shape index (κ1) is 29.7. The smallest absolute Gasteiger partial charge is 0.275 e. The van der Waals surface area contributed by atoms with E-state index in [4.69, 9.17) is 5.73 Å². The minimum absolute atomic E-state index is 0.207. The molecule has 1 atom stereocenters. The van der Waals surface area contributed by atoms with Crippen LogP contribution in [0.4, 0.5) is 17.1 Å². The van der Waals surface area contributed by atoms with E-state index in [1.54, 1.807) is 6.20 Å². The van der Waals surface area contributed by atoms with Crippen LogP contribution >= 0.6 is 0 Å². The zero-order chi connectivity index (χ0) is 30.9. The second kappa shape index (κ2) is 12.8. The minimum Gasteiger partial charge on any atom is -0.399 e. The van der Waals surface area contributed by atoms with Gasteiger partial charge in [-0.2, -0.15) is 5.10 Å². The Labute approximate surface area is 263 Å². The molecule has 7 rings (SSSR count). The number of aromatic nitrogens is 2. The van der Waals surface area contributed by atoms with E-state index < -0.39 is 11.9 Å². The van der Waals surface area contributed by atoms with E-state index in [2.05, 4.69) is 48.2 Å². The van der Waals surface area contributed by atoms with Crippen LogP contribution in [0.1, 0.15) is 44.6 Å². The van der Waals surface area contributed by atoms with Crippen molar-refractivity contribution in [1.82, 2.24) is 24.9 Å². The van der Waals surface area contributed by atoms with Gasteiger partial charge in [0, 0.05) is 80.7 Å². The number of rotatable bonds is 6. The van der Waals surface area contributed by atoms with Crippen LogP contribution in [-0.4, -0.2) is 96.3 Å². The largest absolute Gasteiger partial charge is 0.399 e. The molecule has 2 amide bonds. The van der Waals surface area contributed by atoms with Gasteiger partial charge in [0.1, 0.15) is 6.04 Å². The molecule has 4 fully saturated rings. The maximum absolute atomic E-state index is 13.4. The topological polar surface area (TPSA) is 120 Å². The molecule has 0 saturated carbocycles. The number of nitrogen functional groups attached to an aromatic ring is 1. The van der Waals surface area contributed by atoms with Crippen LogP contribution in [0.2, 0.25) is 0 Å². The van der Waals surface area contributed by atoms with Crippen molar-refractivity contribution < 1.29 is 9.59 Å². The lowest BCUT2D eigenvalue weighted by molar-refractivity contribution is -0.136. The van der Waals surface area contributed by atoms with Gasteiger partial charge in [0.2, 0.25) is 5.91 Å². The number of nitrogens with zero attached hydrogens (tertiary/aromatic N) is 6. The molecule has 11 heteroatoms. The highest BCUT2D eigenvalue weighted by Crippen LogP contribution is 2.28. The molecule has 1 aromatic heterocycles. The van der Waals surface area contributed by atoms with Crippen LogP contribution in [0.3, 0.4) is 0 Å². The summed E-state index contributed by atoms with van der Waals surface area (Å²) < 4.78 is 1.24. The molecule has 3 aromatic rings. The van der Waals surface area contributed by atoms with E-state index in [0.29, 0.717) is 17.3 Å². The summed E-state index contributed by atoms with van der Waals surface area (Å²) in [7, 11) is 0. The Morgan fingerprint density at radius 3 is 2.18 bits per heavy atom. The van der Waals surface area contributed by atoms with Gasteiger partial charge in [-0.25, -0.2) is 4.68 Å². The molecule has 1 unspecified atom stereocenters. The fraction of sp³-hybridized carbons (Fsp3) is 0.529. The Hall–Kier alpha value is -3.96. The maximum Gasteiger partial charge on any atom is 0.275 e. The van der Waals surface area contributed by atoms with E-state index >= 15 is 0 Å². The molecule has 238 valence electrons. The number of carbonyl (C=O) groups is 2. The fourth-order valence-electron chi connectivity index (χ4n) is 7.71. The first-order valence-electron chi connectivity index (χ1n) is 16.6. The van der Waals surface area contributed by atoms with Gasteiger partial charge in [-0.15, -0.1) is 0 Å². The first-order valence-corrected chi connectivity index (χ1v) is 16.6. The third kappa shape index (κ3) is 6.41. The monoisotopic (exact) mass is 612 g/mol. The van der Waals surface area contributed by atoms with Crippen molar-refractivity contribution in [3.8, 4) is 0 Å². The molecule has 4 saturated heterocycles. The molecule has 5 heterocycles. The summed E-state index contributed by atoms with van der Waals surface area (Å²) >= 11 is 0. The molecule has 4 aliphatic heterocycles. The molecule has 11 nitrogen and oxygen atoms in total. The van der Waals surface area contributed by atoms with Crippen LogP contribution in [0.25, 0.3) is 10.8 Å². The van der Waals surface area contributed by atoms with E-state index in [1.807, 2.05) is 24.3 Å². The highest BCUT2D eigenvalue weighted by atomic mass is 16.2. The molecular weight excluding hydrogens is 568 g/mol. The van der Waals surface area contributed by atoms with Crippen LogP contribution in [-0.2, 0) is 9.59 Å². The Bertz CT molecular complexity index is 1580. The predicted octanol–water partition coefficient (Wildman–Crippen LogP) is 2.46. The first-order chi connectivity index (χ1) is 21.9. The number of amides is 2. The number of carbonyl (C=O) groups excluding carboxylic acids is 2.